The molecule has 3 rings (SSSR count). The molecule has 0 saturated carbocycles. The molecule has 0 atom stereocenters. The number of carbonyl (C=O) groups is 2. The highest BCUT2D eigenvalue weighted by atomic mass is 32.2. The fourth-order valence-corrected chi connectivity index (χ4v) is 3.67. The summed E-state index contributed by atoms with van der Waals surface area (Å²) in [5, 5.41) is 12.1. The Labute approximate surface area is 165 Å². The fraction of sp³-hybridized carbons (Fsp3) is 0.105. The zero-order valence-electron chi connectivity index (χ0n) is 14.3. The molecule has 0 aromatic heterocycles. The zero-order valence-corrected chi connectivity index (χ0v) is 16.0. The van der Waals surface area contributed by atoms with Gasteiger partial charge in [0.05, 0.1) is 12.0 Å². The average molecular weight is 400 g/mol. The van der Waals surface area contributed by atoms with Gasteiger partial charge in [0.25, 0.3) is 5.91 Å². The number of thioether (sulfide) groups is 1. The third-order valence-corrected chi connectivity index (χ3v) is 5.10. The first kappa shape index (κ1) is 18.9. The van der Waals surface area contributed by atoms with Gasteiger partial charge in [-0.1, -0.05) is 42.2 Å². The highest BCUT2D eigenvalue weighted by Crippen LogP contribution is 2.32. The number of phenolic OH excluding ortho intramolecular Hbond substituents is 1. The lowest BCUT2D eigenvalue weighted by molar-refractivity contribution is -0.126. The Balaban J connectivity index is 1.68. The number of carbonyl (C=O) groups excluding carboxylic acids is 2. The third kappa shape index (κ3) is 4.66. The molecule has 2 N–H and O–H groups in total. The van der Waals surface area contributed by atoms with Crippen molar-refractivity contribution in [3.63, 3.8) is 0 Å². The van der Waals surface area contributed by atoms with Crippen molar-refractivity contribution in [3.8, 4) is 11.5 Å². The number of rotatable bonds is 5. The standard InChI is InChI=1S/C19H16N2O4S2/c1-25-15-7-5-12(6-8-15)9-16-18(24)21(19(26)27-16)11-17(23)20-13-3-2-4-14(22)10-13/h2-10,22H,11H2,1H3,(H,20,23)/b16-9-. The van der Waals surface area contributed by atoms with E-state index in [1.54, 1.807) is 37.5 Å². The first-order valence-electron chi connectivity index (χ1n) is 7.94. The SMILES string of the molecule is COc1ccc(/C=C2\SC(=S)N(CC(=O)Nc3cccc(O)c3)C2=O)cc1. The van der Waals surface area contributed by atoms with Gasteiger partial charge in [0.15, 0.2) is 0 Å². The Kier molecular flexibility index (Phi) is 5.78. The monoisotopic (exact) mass is 400 g/mol. The number of hydrogen-bond acceptors (Lipinski definition) is 6. The highest BCUT2D eigenvalue weighted by molar-refractivity contribution is 8.26. The predicted molar refractivity (Wildman–Crippen MR) is 110 cm³/mol. The zero-order chi connectivity index (χ0) is 19.4. The molecule has 8 heteroatoms. The Morgan fingerprint density at radius 2 is 2.04 bits per heavy atom. The second-order valence-corrected chi connectivity index (χ2v) is 7.32. The van der Waals surface area contributed by atoms with Crippen LogP contribution in [0.25, 0.3) is 6.08 Å². The summed E-state index contributed by atoms with van der Waals surface area (Å²) in [6, 6.07) is 13.5. The van der Waals surface area contributed by atoms with E-state index in [1.165, 1.54) is 17.0 Å². The van der Waals surface area contributed by atoms with E-state index in [0.717, 1.165) is 23.1 Å². The van der Waals surface area contributed by atoms with E-state index in [2.05, 4.69) is 5.32 Å². The summed E-state index contributed by atoms with van der Waals surface area (Å²) >= 11 is 6.40. The van der Waals surface area contributed by atoms with Gasteiger partial charge in [0.1, 0.15) is 22.4 Å². The molecule has 0 radical (unpaired) electrons. The number of nitrogens with one attached hydrogen (secondary N) is 1. The number of anilines is 1. The second kappa shape index (κ2) is 8.24. The molecule has 1 aliphatic heterocycles. The topological polar surface area (TPSA) is 78.9 Å². The van der Waals surface area contributed by atoms with E-state index in [0.29, 0.717) is 14.9 Å². The Morgan fingerprint density at radius 3 is 2.70 bits per heavy atom. The fourth-order valence-electron chi connectivity index (χ4n) is 2.42. The number of phenols is 1. The maximum atomic E-state index is 12.6. The summed E-state index contributed by atoms with van der Waals surface area (Å²) < 4.78 is 5.44. The lowest BCUT2D eigenvalue weighted by Gasteiger charge is -2.14. The van der Waals surface area contributed by atoms with Crippen LogP contribution in [-0.2, 0) is 9.59 Å². The maximum Gasteiger partial charge on any atom is 0.266 e. The molecule has 27 heavy (non-hydrogen) atoms. The van der Waals surface area contributed by atoms with E-state index in [9.17, 15) is 14.7 Å². The smallest absolute Gasteiger partial charge is 0.266 e. The molecule has 0 unspecified atom stereocenters. The van der Waals surface area contributed by atoms with Gasteiger partial charge in [-0.3, -0.25) is 14.5 Å². The van der Waals surface area contributed by atoms with Gasteiger partial charge in [-0.15, -0.1) is 0 Å². The van der Waals surface area contributed by atoms with Crippen molar-refractivity contribution in [2.24, 2.45) is 0 Å². The summed E-state index contributed by atoms with van der Waals surface area (Å²) in [7, 11) is 1.59. The third-order valence-electron chi connectivity index (χ3n) is 3.72. The van der Waals surface area contributed by atoms with Gasteiger partial charge in [0.2, 0.25) is 5.91 Å². The van der Waals surface area contributed by atoms with Crippen LogP contribution in [-0.4, -0.2) is 39.8 Å². The van der Waals surface area contributed by atoms with Gasteiger partial charge < -0.3 is 15.2 Å². The van der Waals surface area contributed by atoms with Gasteiger partial charge in [0, 0.05) is 11.8 Å². The molecule has 1 fully saturated rings. The van der Waals surface area contributed by atoms with Crippen molar-refractivity contribution >= 4 is 51.9 Å². The Bertz CT molecular complexity index is 926. The molecular weight excluding hydrogens is 384 g/mol. The van der Waals surface area contributed by atoms with Crippen LogP contribution in [0.1, 0.15) is 5.56 Å². The minimum atomic E-state index is -0.400. The van der Waals surface area contributed by atoms with Crippen molar-refractivity contribution in [2.75, 3.05) is 19.0 Å². The largest absolute Gasteiger partial charge is 0.508 e. The molecule has 6 nitrogen and oxygen atoms in total. The van der Waals surface area contributed by atoms with Crippen molar-refractivity contribution in [1.82, 2.24) is 4.90 Å². The number of aromatic hydroxyl groups is 1. The van der Waals surface area contributed by atoms with Crippen molar-refractivity contribution in [1.29, 1.82) is 0 Å². The van der Waals surface area contributed by atoms with Gasteiger partial charge >= 0.3 is 0 Å². The van der Waals surface area contributed by atoms with Gasteiger partial charge in [-0.05, 0) is 35.9 Å². The van der Waals surface area contributed by atoms with Crippen LogP contribution in [0.5, 0.6) is 11.5 Å². The quantitative estimate of drug-likeness (QED) is 0.593. The number of amides is 2. The van der Waals surface area contributed by atoms with Gasteiger partial charge in [-0.25, -0.2) is 0 Å². The van der Waals surface area contributed by atoms with Crippen LogP contribution in [0.2, 0.25) is 0 Å². The number of nitrogens with zero attached hydrogens (tertiary/aromatic N) is 1. The number of methoxy groups -OCH3 is 1. The maximum absolute atomic E-state index is 12.6. The van der Waals surface area contributed by atoms with Crippen LogP contribution in [0.3, 0.4) is 0 Å². The first-order valence-corrected chi connectivity index (χ1v) is 9.17. The van der Waals surface area contributed by atoms with E-state index in [1.807, 2.05) is 12.1 Å². The van der Waals surface area contributed by atoms with Crippen molar-refractivity contribution in [3.05, 3.63) is 59.0 Å². The average Bonchev–Trinajstić information content (AvgIpc) is 2.90. The summed E-state index contributed by atoms with van der Waals surface area (Å²) in [4.78, 5) is 26.5. The molecule has 0 bridgehead atoms. The number of hydrogen-bond donors (Lipinski definition) is 2. The van der Waals surface area contributed by atoms with E-state index in [-0.39, 0.29) is 18.2 Å². The molecule has 1 heterocycles. The van der Waals surface area contributed by atoms with Crippen LogP contribution in [0.15, 0.2) is 53.4 Å². The number of thiocarbonyl (C=S) groups is 1. The minimum absolute atomic E-state index is 0.0424. The minimum Gasteiger partial charge on any atom is -0.508 e. The number of benzene rings is 2. The molecular formula is C19H16N2O4S2. The van der Waals surface area contributed by atoms with E-state index < -0.39 is 5.91 Å². The summed E-state index contributed by atoms with van der Waals surface area (Å²) in [5.41, 5.74) is 1.28. The Morgan fingerprint density at radius 1 is 1.30 bits per heavy atom. The lowest BCUT2D eigenvalue weighted by atomic mass is 10.2. The number of ether oxygens (including phenoxy) is 1. The second-order valence-electron chi connectivity index (χ2n) is 5.64. The molecule has 2 aromatic rings. The molecule has 2 amide bonds. The summed E-state index contributed by atoms with van der Waals surface area (Å²) in [5.74, 6) is 0.0543. The Hall–Kier alpha value is -2.84. The van der Waals surface area contributed by atoms with Crippen molar-refractivity contribution < 1.29 is 19.4 Å². The molecule has 138 valence electrons. The molecule has 2 aromatic carbocycles. The van der Waals surface area contributed by atoms with Crippen molar-refractivity contribution in [2.45, 2.75) is 0 Å². The molecule has 0 aliphatic carbocycles. The predicted octanol–water partition coefficient (Wildman–Crippen LogP) is 3.24. The van der Waals surface area contributed by atoms with Crippen LogP contribution >= 0.6 is 24.0 Å². The van der Waals surface area contributed by atoms with E-state index in [4.69, 9.17) is 17.0 Å². The normalized spacial score (nSPS) is 15.3. The summed E-state index contributed by atoms with van der Waals surface area (Å²) in [6.07, 6.45) is 1.73. The van der Waals surface area contributed by atoms with Gasteiger partial charge in [-0.2, -0.15) is 0 Å². The van der Waals surface area contributed by atoms with E-state index >= 15 is 0 Å². The first-order chi connectivity index (χ1) is 13.0. The van der Waals surface area contributed by atoms with Crippen LogP contribution in [0.4, 0.5) is 5.69 Å². The highest BCUT2D eigenvalue weighted by Gasteiger charge is 2.33. The molecule has 0 spiro atoms. The molecule has 1 saturated heterocycles. The molecule has 1 aliphatic rings. The van der Waals surface area contributed by atoms with Crippen LogP contribution in [0, 0.1) is 0 Å². The lowest BCUT2D eigenvalue weighted by Crippen LogP contribution is -2.36. The summed E-state index contributed by atoms with van der Waals surface area (Å²) in [6.45, 7) is -0.194. The van der Waals surface area contributed by atoms with Crippen LogP contribution < -0.4 is 10.1 Å².